The Labute approximate surface area is 136 Å². The lowest BCUT2D eigenvalue weighted by atomic mass is 10.2. The molecule has 7 nitrogen and oxygen atoms in total. The molecule has 4 rings (SSSR count). The average molecular weight is 337 g/mol. The summed E-state index contributed by atoms with van der Waals surface area (Å²) in [5.74, 6) is -2.49. The molecular formula is C15H17F2N5O2. The third-order valence-electron chi connectivity index (χ3n) is 4.33. The van der Waals surface area contributed by atoms with Crippen LogP contribution in [0.1, 0.15) is 48.5 Å². The largest absolute Gasteiger partial charge is 0.337 e. The Bertz CT molecular complexity index is 768. The van der Waals surface area contributed by atoms with E-state index in [4.69, 9.17) is 4.52 Å². The number of likely N-dealkylation sites (tertiary alicyclic amines) is 1. The number of nitrogens with zero attached hydrogens (tertiary/aromatic N) is 5. The van der Waals surface area contributed by atoms with Gasteiger partial charge >= 0.3 is 0 Å². The number of carbonyl (C=O) groups is 1. The van der Waals surface area contributed by atoms with Gasteiger partial charge in [0.05, 0.1) is 12.7 Å². The Balaban J connectivity index is 1.55. The van der Waals surface area contributed by atoms with Crippen molar-refractivity contribution in [1.82, 2.24) is 24.8 Å². The van der Waals surface area contributed by atoms with Crippen molar-refractivity contribution in [2.75, 3.05) is 6.54 Å². The van der Waals surface area contributed by atoms with E-state index in [1.807, 2.05) is 6.92 Å². The number of rotatable bonds is 4. The van der Waals surface area contributed by atoms with Crippen LogP contribution in [-0.4, -0.2) is 43.2 Å². The van der Waals surface area contributed by atoms with Crippen molar-refractivity contribution in [2.45, 2.75) is 50.6 Å². The Morgan fingerprint density at radius 3 is 2.92 bits per heavy atom. The molecule has 3 heterocycles. The van der Waals surface area contributed by atoms with Crippen LogP contribution in [0.3, 0.4) is 0 Å². The van der Waals surface area contributed by atoms with E-state index in [0.717, 1.165) is 23.3 Å². The molecule has 1 saturated heterocycles. The van der Waals surface area contributed by atoms with Crippen molar-refractivity contribution in [1.29, 1.82) is 0 Å². The highest BCUT2D eigenvalue weighted by molar-refractivity contribution is 5.76. The molecular weight excluding hydrogens is 320 g/mol. The first-order chi connectivity index (χ1) is 11.4. The van der Waals surface area contributed by atoms with Gasteiger partial charge in [0.2, 0.25) is 11.8 Å². The average Bonchev–Trinajstić information content (AvgIpc) is 2.95. The summed E-state index contributed by atoms with van der Waals surface area (Å²) in [6.07, 6.45) is 4.79. The monoisotopic (exact) mass is 337 g/mol. The van der Waals surface area contributed by atoms with E-state index in [2.05, 4.69) is 15.2 Å². The van der Waals surface area contributed by atoms with Crippen LogP contribution in [0.2, 0.25) is 0 Å². The van der Waals surface area contributed by atoms with Gasteiger partial charge in [-0.25, -0.2) is 8.78 Å². The number of hydrogen-bond donors (Lipinski definition) is 0. The number of halogens is 2. The van der Waals surface area contributed by atoms with Crippen LogP contribution < -0.4 is 0 Å². The van der Waals surface area contributed by atoms with Crippen molar-refractivity contribution >= 4 is 5.91 Å². The van der Waals surface area contributed by atoms with Gasteiger partial charge in [-0.15, -0.1) is 0 Å². The molecule has 2 aliphatic rings. The molecule has 128 valence electrons. The second kappa shape index (κ2) is 5.35. The van der Waals surface area contributed by atoms with Gasteiger partial charge in [0, 0.05) is 18.5 Å². The summed E-state index contributed by atoms with van der Waals surface area (Å²) >= 11 is 0. The third kappa shape index (κ3) is 2.90. The molecule has 0 spiro atoms. The Morgan fingerprint density at radius 1 is 1.46 bits per heavy atom. The van der Waals surface area contributed by atoms with Crippen LogP contribution in [0.25, 0.3) is 0 Å². The van der Waals surface area contributed by atoms with Gasteiger partial charge in [-0.2, -0.15) is 10.1 Å². The van der Waals surface area contributed by atoms with E-state index in [-0.39, 0.29) is 18.4 Å². The van der Waals surface area contributed by atoms with Gasteiger partial charge < -0.3 is 9.42 Å². The number of hydrogen-bond acceptors (Lipinski definition) is 5. The molecule has 1 atom stereocenters. The standard InChI is InChI=1S/C15H17F2N5O2/c1-9-5-18-21(6-9)7-12(23)22-8-15(16,17)4-11(22)14-19-13(20-24-14)10-2-3-10/h5-6,10-11H,2-4,7-8H2,1H3/t11-/m0/s1. The smallest absolute Gasteiger partial charge is 0.267 e. The fraction of sp³-hybridized carbons (Fsp3) is 0.600. The molecule has 0 bridgehead atoms. The predicted octanol–water partition coefficient (Wildman–Crippen LogP) is 2.06. The van der Waals surface area contributed by atoms with Gasteiger partial charge in [0.15, 0.2) is 5.82 Å². The van der Waals surface area contributed by atoms with Crippen LogP contribution >= 0.6 is 0 Å². The van der Waals surface area contributed by atoms with Gasteiger partial charge in [0.1, 0.15) is 12.6 Å². The first kappa shape index (κ1) is 15.2. The summed E-state index contributed by atoms with van der Waals surface area (Å²) in [7, 11) is 0. The number of amides is 1. The molecule has 1 amide bonds. The minimum atomic E-state index is -2.96. The van der Waals surface area contributed by atoms with E-state index in [0.29, 0.717) is 5.82 Å². The van der Waals surface area contributed by atoms with Gasteiger partial charge in [-0.05, 0) is 25.3 Å². The molecule has 2 aromatic heterocycles. The second-order valence-electron chi connectivity index (χ2n) is 6.58. The van der Waals surface area contributed by atoms with E-state index in [9.17, 15) is 13.6 Å². The van der Waals surface area contributed by atoms with Crippen molar-refractivity contribution in [2.24, 2.45) is 0 Å². The number of aromatic nitrogens is 4. The van der Waals surface area contributed by atoms with Crippen LogP contribution in [-0.2, 0) is 11.3 Å². The minimum absolute atomic E-state index is 0.0932. The van der Waals surface area contributed by atoms with E-state index < -0.39 is 30.8 Å². The molecule has 24 heavy (non-hydrogen) atoms. The quantitative estimate of drug-likeness (QED) is 0.853. The highest BCUT2D eigenvalue weighted by Gasteiger charge is 2.50. The van der Waals surface area contributed by atoms with Crippen LogP contribution in [0, 0.1) is 6.92 Å². The predicted molar refractivity (Wildman–Crippen MR) is 77.3 cm³/mol. The van der Waals surface area contributed by atoms with Crippen molar-refractivity contribution in [3.8, 4) is 0 Å². The van der Waals surface area contributed by atoms with Crippen LogP contribution in [0.4, 0.5) is 8.78 Å². The molecule has 1 aliphatic heterocycles. The molecule has 1 saturated carbocycles. The first-order valence-corrected chi connectivity index (χ1v) is 7.91. The maximum absolute atomic E-state index is 13.9. The SMILES string of the molecule is Cc1cnn(CC(=O)N2CC(F)(F)C[C@H]2c2nc(C3CC3)no2)c1. The lowest BCUT2D eigenvalue weighted by molar-refractivity contribution is -0.134. The fourth-order valence-corrected chi connectivity index (χ4v) is 2.97. The highest BCUT2D eigenvalue weighted by Crippen LogP contribution is 2.43. The zero-order valence-electron chi connectivity index (χ0n) is 13.2. The van der Waals surface area contributed by atoms with E-state index in [1.54, 1.807) is 12.4 Å². The zero-order valence-corrected chi connectivity index (χ0v) is 13.2. The summed E-state index contributed by atoms with van der Waals surface area (Å²) in [4.78, 5) is 17.9. The molecule has 9 heteroatoms. The fourth-order valence-electron chi connectivity index (χ4n) is 2.97. The first-order valence-electron chi connectivity index (χ1n) is 7.91. The maximum Gasteiger partial charge on any atom is 0.267 e. The van der Waals surface area contributed by atoms with Gasteiger partial charge in [0.25, 0.3) is 5.92 Å². The number of alkyl halides is 2. The molecule has 0 aromatic carbocycles. The molecule has 0 radical (unpaired) electrons. The van der Waals surface area contributed by atoms with Gasteiger partial charge in [-0.3, -0.25) is 9.48 Å². The molecule has 2 fully saturated rings. The summed E-state index contributed by atoms with van der Waals surface area (Å²) in [6.45, 7) is 1.11. The molecule has 0 unspecified atom stereocenters. The second-order valence-corrected chi connectivity index (χ2v) is 6.58. The van der Waals surface area contributed by atoms with Crippen LogP contribution in [0.15, 0.2) is 16.9 Å². The summed E-state index contributed by atoms with van der Waals surface area (Å²) in [5, 5.41) is 7.89. The normalized spacial score (nSPS) is 23.0. The van der Waals surface area contributed by atoms with Crippen molar-refractivity contribution in [3.05, 3.63) is 29.7 Å². The summed E-state index contributed by atoms with van der Waals surface area (Å²) in [5.41, 5.74) is 0.900. The molecule has 1 aliphatic carbocycles. The Hall–Kier alpha value is -2.32. The van der Waals surface area contributed by atoms with Crippen molar-refractivity contribution in [3.63, 3.8) is 0 Å². The lowest BCUT2D eigenvalue weighted by Crippen LogP contribution is -2.35. The Morgan fingerprint density at radius 2 is 2.25 bits per heavy atom. The molecule has 2 aromatic rings. The lowest BCUT2D eigenvalue weighted by Gasteiger charge is -2.21. The van der Waals surface area contributed by atoms with E-state index in [1.165, 1.54) is 4.68 Å². The van der Waals surface area contributed by atoms with Crippen molar-refractivity contribution < 1.29 is 18.1 Å². The number of carbonyl (C=O) groups excluding carboxylic acids is 1. The topological polar surface area (TPSA) is 77.1 Å². The maximum atomic E-state index is 13.9. The third-order valence-corrected chi connectivity index (χ3v) is 4.33. The van der Waals surface area contributed by atoms with Gasteiger partial charge in [-0.1, -0.05) is 5.16 Å². The van der Waals surface area contributed by atoms with Crippen LogP contribution in [0.5, 0.6) is 0 Å². The summed E-state index contributed by atoms with van der Waals surface area (Å²) < 4.78 is 34.4. The highest BCUT2D eigenvalue weighted by atomic mass is 19.3. The zero-order chi connectivity index (χ0) is 16.9. The van der Waals surface area contributed by atoms with E-state index >= 15 is 0 Å². The summed E-state index contributed by atoms with van der Waals surface area (Å²) in [6, 6.07) is -0.885. The number of aryl methyl sites for hydroxylation is 1. The minimum Gasteiger partial charge on any atom is -0.337 e. The molecule has 0 N–H and O–H groups in total. The Kier molecular flexibility index (Phi) is 3.40.